The Hall–Kier alpha value is -2.04. The minimum Gasteiger partial charge on any atom is -0.451 e. The van der Waals surface area contributed by atoms with E-state index in [1.165, 1.54) is 19.3 Å². The van der Waals surface area contributed by atoms with E-state index in [4.69, 9.17) is 4.42 Å². The molecule has 1 fully saturated rings. The zero-order valence-electron chi connectivity index (χ0n) is 11.6. The van der Waals surface area contributed by atoms with Gasteiger partial charge in [-0.05, 0) is 31.9 Å². The van der Waals surface area contributed by atoms with Crippen molar-refractivity contribution in [2.45, 2.75) is 45.1 Å². The highest BCUT2D eigenvalue weighted by molar-refractivity contribution is 5.92. The van der Waals surface area contributed by atoms with Crippen molar-refractivity contribution in [3.8, 4) is 11.3 Å². The summed E-state index contributed by atoms with van der Waals surface area (Å²) in [6.07, 6.45) is 7.51. The topological polar surface area (TPSA) is 70.9 Å². The number of aromatic nitrogens is 2. The van der Waals surface area contributed by atoms with Gasteiger partial charge in [-0.25, -0.2) is 0 Å². The number of hydrogen-bond donors (Lipinski definition) is 2. The minimum absolute atomic E-state index is 0.121. The number of carbonyl (C=O) groups is 1. The van der Waals surface area contributed by atoms with Gasteiger partial charge in [0.2, 0.25) is 0 Å². The lowest BCUT2D eigenvalue weighted by Crippen LogP contribution is -2.35. The molecule has 0 aliphatic heterocycles. The molecule has 5 nitrogen and oxygen atoms in total. The van der Waals surface area contributed by atoms with Crippen molar-refractivity contribution in [2.75, 3.05) is 0 Å². The SMILES string of the molecule is Cc1[nH]ncc1-c1ccc(C(=O)NC2CCCCC2)o1. The molecule has 2 aromatic rings. The van der Waals surface area contributed by atoms with Crippen LogP contribution in [0.1, 0.15) is 48.4 Å². The van der Waals surface area contributed by atoms with E-state index in [1.807, 2.05) is 13.0 Å². The fourth-order valence-corrected chi connectivity index (χ4v) is 2.71. The second-order valence-electron chi connectivity index (χ2n) is 5.38. The molecule has 0 saturated heterocycles. The zero-order valence-corrected chi connectivity index (χ0v) is 11.6. The first-order valence-corrected chi connectivity index (χ1v) is 7.15. The number of nitrogens with zero attached hydrogens (tertiary/aromatic N) is 1. The van der Waals surface area contributed by atoms with Crippen LogP contribution in [0.3, 0.4) is 0 Å². The second kappa shape index (κ2) is 5.53. The maximum Gasteiger partial charge on any atom is 0.287 e. The van der Waals surface area contributed by atoms with Gasteiger partial charge in [-0.15, -0.1) is 0 Å². The number of hydrogen-bond acceptors (Lipinski definition) is 3. The molecular weight excluding hydrogens is 254 g/mol. The molecular formula is C15H19N3O2. The molecule has 3 rings (SSSR count). The molecule has 1 aliphatic carbocycles. The summed E-state index contributed by atoms with van der Waals surface area (Å²) in [6.45, 7) is 1.92. The van der Waals surface area contributed by atoms with E-state index < -0.39 is 0 Å². The second-order valence-corrected chi connectivity index (χ2v) is 5.38. The number of aryl methyl sites for hydroxylation is 1. The Kier molecular flexibility index (Phi) is 3.58. The van der Waals surface area contributed by atoms with Crippen molar-refractivity contribution in [1.82, 2.24) is 15.5 Å². The Morgan fingerprint density at radius 2 is 2.15 bits per heavy atom. The quantitative estimate of drug-likeness (QED) is 0.903. The Bertz CT molecular complexity index is 594. The van der Waals surface area contributed by atoms with Gasteiger partial charge in [0, 0.05) is 11.7 Å². The third-order valence-corrected chi connectivity index (χ3v) is 3.87. The summed E-state index contributed by atoms with van der Waals surface area (Å²) in [4.78, 5) is 12.2. The summed E-state index contributed by atoms with van der Waals surface area (Å²) in [5, 5.41) is 9.87. The van der Waals surface area contributed by atoms with Crippen LogP contribution in [0, 0.1) is 6.92 Å². The molecule has 2 aromatic heterocycles. The molecule has 0 radical (unpaired) electrons. The maximum absolute atomic E-state index is 12.2. The highest BCUT2D eigenvalue weighted by Gasteiger charge is 2.19. The minimum atomic E-state index is -0.121. The number of carbonyl (C=O) groups excluding carboxylic acids is 1. The van der Waals surface area contributed by atoms with Gasteiger partial charge in [-0.2, -0.15) is 5.10 Å². The number of nitrogens with one attached hydrogen (secondary N) is 2. The first-order chi connectivity index (χ1) is 9.74. The molecule has 0 bridgehead atoms. The normalized spacial score (nSPS) is 16.2. The largest absolute Gasteiger partial charge is 0.451 e. The monoisotopic (exact) mass is 273 g/mol. The van der Waals surface area contributed by atoms with E-state index in [-0.39, 0.29) is 5.91 Å². The smallest absolute Gasteiger partial charge is 0.287 e. The van der Waals surface area contributed by atoms with Gasteiger partial charge in [-0.3, -0.25) is 9.89 Å². The summed E-state index contributed by atoms with van der Waals surface area (Å²) in [6, 6.07) is 3.83. The number of H-pyrrole nitrogens is 1. The van der Waals surface area contributed by atoms with Gasteiger partial charge in [0.1, 0.15) is 5.76 Å². The summed E-state index contributed by atoms with van der Waals surface area (Å²) in [7, 11) is 0. The van der Waals surface area contributed by atoms with Crippen LogP contribution in [-0.4, -0.2) is 22.1 Å². The van der Waals surface area contributed by atoms with E-state index in [1.54, 1.807) is 12.3 Å². The van der Waals surface area contributed by atoms with Gasteiger partial charge in [0.25, 0.3) is 5.91 Å². The van der Waals surface area contributed by atoms with Gasteiger partial charge >= 0.3 is 0 Å². The Morgan fingerprint density at radius 1 is 1.35 bits per heavy atom. The van der Waals surface area contributed by atoms with Crippen LogP contribution in [0.5, 0.6) is 0 Å². The van der Waals surface area contributed by atoms with E-state index in [0.717, 1.165) is 24.1 Å². The molecule has 20 heavy (non-hydrogen) atoms. The van der Waals surface area contributed by atoms with E-state index in [2.05, 4.69) is 15.5 Å². The van der Waals surface area contributed by atoms with Gasteiger partial charge in [0.05, 0.1) is 11.8 Å². The zero-order chi connectivity index (χ0) is 13.9. The fraction of sp³-hybridized carbons (Fsp3) is 0.467. The fourth-order valence-electron chi connectivity index (χ4n) is 2.71. The molecule has 0 spiro atoms. The molecule has 1 aliphatic rings. The van der Waals surface area contributed by atoms with E-state index in [9.17, 15) is 4.79 Å². The molecule has 0 atom stereocenters. The van der Waals surface area contributed by atoms with Crippen LogP contribution in [0.25, 0.3) is 11.3 Å². The van der Waals surface area contributed by atoms with Crippen LogP contribution in [0.4, 0.5) is 0 Å². The van der Waals surface area contributed by atoms with Gasteiger partial charge < -0.3 is 9.73 Å². The standard InChI is InChI=1S/C15H19N3O2/c1-10-12(9-16-18-10)13-7-8-14(20-13)15(19)17-11-5-3-2-4-6-11/h7-9,11H,2-6H2,1H3,(H,16,18)(H,17,19). The highest BCUT2D eigenvalue weighted by Crippen LogP contribution is 2.24. The highest BCUT2D eigenvalue weighted by atomic mass is 16.3. The van der Waals surface area contributed by atoms with Crippen LogP contribution < -0.4 is 5.32 Å². The Labute approximate surface area is 117 Å². The van der Waals surface area contributed by atoms with Crippen molar-refractivity contribution in [2.24, 2.45) is 0 Å². The van der Waals surface area contributed by atoms with Crippen molar-refractivity contribution in [1.29, 1.82) is 0 Å². The van der Waals surface area contributed by atoms with Crippen LogP contribution >= 0.6 is 0 Å². The molecule has 1 saturated carbocycles. The third-order valence-electron chi connectivity index (χ3n) is 3.87. The lowest BCUT2D eigenvalue weighted by atomic mass is 9.95. The third kappa shape index (κ3) is 2.61. The van der Waals surface area contributed by atoms with Gasteiger partial charge in [-0.1, -0.05) is 19.3 Å². The van der Waals surface area contributed by atoms with Crippen molar-refractivity contribution in [3.63, 3.8) is 0 Å². The number of furan rings is 1. The van der Waals surface area contributed by atoms with Gasteiger partial charge in [0.15, 0.2) is 5.76 Å². The Morgan fingerprint density at radius 3 is 2.85 bits per heavy atom. The molecule has 1 amide bonds. The number of rotatable bonds is 3. The number of amides is 1. The van der Waals surface area contributed by atoms with E-state index >= 15 is 0 Å². The number of aromatic amines is 1. The molecule has 0 unspecified atom stereocenters. The molecule has 5 heteroatoms. The first-order valence-electron chi connectivity index (χ1n) is 7.15. The first kappa shape index (κ1) is 13.0. The van der Waals surface area contributed by atoms with Crippen molar-refractivity contribution in [3.05, 3.63) is 29.8 Å². The van der Waals surface area contributed by atoms with Crippen molar-refractivity contribution < 1.29 is 9.21 Å². The Balaban J connectivity index is 1.70. The van der Waals surface area contributed by atoms with Crippen LogP contribution in [-0.2, 0) is 0 Å². The van der Waals surface area contributed by atoms with Crippen LogP contribution in [0.15, 0.2) is 22.7 Å². The maximum atomic E-state index is 12.2. The molecule has 106 valence electrons. The molecule has 0 aromatic carbocycles. The average molecular weight is 273 g/mol. The van der Waals surface area contributed by atoms with Crippen molar-refractivity contribution >= 4 is 5.91 Å². The molecule has 2 heterocycles. The predicted octanol–water partition coefficient (Wildman–Crippen LogP) is 3.04. The summed E-state index contributed by atoms with van der Waals surface area (Å²) in [5.41, 5.74) is 1.82. The lowest BCUT2D eigenvalue weighted by molar-refractivity contribution is 0.0900. The van der Waals surface area contributed by atoms with Crippen LogP contribution in [0.2, 0.25) is 0 Å². The lowest BCUT2D eigenvalue weighted by Gasteiger charge is -2.22. The summed E-state index contributed by atoms with van der Waals surface area (Å²) in [5.74, 6) is 0.917. The summed E-state index contributed by atoms with van der Waals surface area (Å²) >= 11 is 0. The van der Waals surface area contributed by atoms with E-state index in [0.29, 0.717) is 17.6 Å². The average Bonchev–Trinajstić information content (AvgIpc) is 3.08. The molecule has 2 N–H and O–H groups in total. The predicted molar refractivity (Wildman–Crippen MR) is 75.4 cm³/mol. The summed E-state index contributed by atoms with van der Waals surface area (Å²) < 4.78 is 5.64.